The second-order valence-corrected chi connectivity index (χ2v) is 44.2. The van der Waals surface area contributed by atoms with E-state index in [9.17, 15) is 9.60 Å². The Bertz CT molecular complexity index is 8940. The van der Waals surface area contributed by atoms with Crippen molar-refractivity contribution in [2.45, 2.75) is 154 Å². The summed E-state index contributed by atoms with van der Waals surface area (Å²) in [4.78, 5) is 5.28. The lowest BCUT2D eigenvalue weighted by Crippen LogP contribution is -2.62. The number of ether oxygens (including phenoxy) is 2. The van der Waals surface area contributed by atoms with Crippen LogP contribution in [0.2, 0.25) is 0 Å². The van der Waals surface area contributed by atoms with E-state index in [0.717, 1.165) is 166 Å². The van der Waals surface area contributed by atoms with Crippen molar-refractivity contribution in [2.24, 2.45) is 0 Å². The highest BCUT2D eigenvalue weighted by Gasteiger charge is 2.54. The van der Waals surface area contributed by atoms with Crippen LogP contribution in [0.5, 0.6) is 23.0 Å². The molecule has 19 aromatic carbocycles. The molecule has 0 fully saturated rings. The van der Waals surface area contributed by atoms with Crippen LogP contribution >= 0.6 is 0 Å². The molecule has 0 radical (unpaired) electrons. The largest absolute Gasteiger partial charge is 0.457 e. The van der Waals surface area contributed by atoms with Crippen molar-refractivity contribution >= 4 is 67.7 Å². The number of para-hydroxylation sites is 3. The lowest BCUT2D eigenvalue weighted by Gasteiger charge is -2.45. The maximum atomic E-state index is 10.3. The first-order valence-electron chi connectivity index (χ1n) is 56.1. The fourth-order valence-corrected chi connectivity index (χ4v) is 25.2. The predicted octanol–water partition coefficient (Wildman–Crippen LogP) is 34.6. The number of aryl methyl sites for hydroxylation is 2. The van der Waals surface area contributed by atoms with Crippen molar-refractivity contribution < 1.29 is 19.1 Å². The highest BCUT2D eigenvalue weighted by Crippen LogP contribution is 2.65. The summed E-state index contributed by atoms with van der Waals surface area (Å²) in [5.74, 6) is 3.47. The van der Waals surface area contributed by atoms with E-state index in [4.69, 9.17) is 9.47 Å². The van der Waals surface area contributed by atoms with Crippen LogP contribution in [0, 0.1) is 0 Å². The molecule has 146 heavy (non-hydrogen) atoms. The summed E-state index contributed by atoms with van der Waals surface area (Å²) in [7, 11) is 0. The van der Waals surface area contributed by atoms with Crippen LogP contribution < -0.4 is 35.7 Å². The molecule has 4 aliphatic heterocycles. The smallest absolute Gasteiger partial charge is 0.252 e. The molecule has 0 amide bonds. The Hall–Kier alpha value is -15.8. The summed E-state index contributed by atoms with van der Waals surface area (Å²) in [5, 5.41) is 0.351. The topological polar surface area (TPSA) is 29.9 Å². The van der Waals surface area contributed by atoms with E-state index in [1.165, 1.54) is 117 Å². The third-order valence-corrected chi connectivity index (χ3v) is 32.5. The van der Waals surface area contributed by atoms with E-state index < -0.39 is 22.9 Å². The number of unbranched alkanes of at least 4 members (excludes halogenated alkanes) is 6. The molecule has 0 unspecified atom stereocenters. The number of anilines is 4. The Balaban J connectivity index is 0.582. The molecule has 0 atom stereocenters. The fraction of sp³-hybridized carbons (Fsp3) is 0.186. The Kier molecular flexibility index (Phi) is 20.2. The molecule has 0 saturated heterocycles. The lowest BCUT2D eigenvalue weighted by atomic mass is 9.33. The van der Waals surface area contributed by atoms with Crippen LogP contribution in [0.3, 0.4) is 0 Å². The molecule has 710 valence electrons. The van der Waals surface area contributed by atoms with Crippen molar-refractivity contribution in [3.8, 4) is 118 Å². The number of rotatable bonds is 21. The Morgan fingerprint density at radius 2 is 0.651 bits per heavy atom. The van der Waals surface area contributed by atoms with E-state index in [-0.39, 0.29) is 80.5 Å². The molecule has 20 aromatic rings. The summed E-state index contributed by atoms with van der Waals surface area (Å²) in [6, 6.07) is 136. The molecule has 26 rings (SSSR count). The second-order valence-electron chi connectivity index (χ2n) is 44.2. The number of nitrogens with zero attached hydrogens (tertiary/aromatic N) is 3. The van der Waals surface area contributed by atoms with Crippen LogP contribution in [0.4, 0.5) is 22.7 Å². The van der Waals surface area contributed by atoms with Gasteiger partial charge in [-0.2, -0.15) is 0 Å². The summed E-state index contributed by atoms with van der Waals surface area (Å²) >= 11 is 0. The first-order valence-corrected chi connectivity index (χ1v) is 52.6. The molecular formula is C140H120BN3O2. The first kappa shape index (κ1) is 82.7. The van der Waals surface area contributed by atoms with Gasteiger partial charge in [-0.15, -0.1) is 0 Å². The van der Waals surface area contributed by atoms with Crippen LogP contribution in [0.25, 0.3) is 117 Å². The van der Waals surface area contributed by atoms with Crippen molar-refractivity contribution in [3.05, 3.63) is 491 Å². The minimum Gasteiger partial charge on any atom is -0.457 e. The molecule has 6 heteroatoms. The van der Waals surface area contributed by atoms with Crippen molar-refractivity contribution in [1.29, 1.82) is 0 Å². The van der Waals surface area contributed by atoms with Gasteiger partial charge in [-0.1, -0.05) is 409 Å². The van der Waals surface area contributed by atoms with Crippen LogP contribution in [0.15, 0.2) is 418 Å². The molecule has 2 aliphatic carbocycles. The van der Waals surface area contributed by atoms with Gasteiger partial charge < -0.3 is 23.8 Å². The minimum atomic E-state index is -0.632. The fourth-order valence-electron chi connectivity index (χ4n) is 25.2. The highest BCUT2D eigenvalue weighted by atomic mass is 16.5. The standard InChI is InChI=1S/C140H120BN3O2/c1-136(2,3)103-79-102(80-104(87-103)137(4,5)6)99-67-72-123-127(86-99)142(77-39-12-10-17-47-94-63-65-96(91-41-19-14-20-42-91)81-112(94)100-69-75-133-121(84-100)139(119-58-34-37-61-131(119)145-133)115-54-30-25-49-107(115)108-50-26-31-55-116(108)139)129-88-105(138(7,8)9)89-130-135(129)141(123)124-73-71-106(144-125-60-36-29-53-111(125)114-83-98(68-74-126(114)144)93-45-23-16-24-46-93)90-128(124)143(130)78-40-13-11-18-48-95-64-66-97(92-43-21-15-22-44-92)82-113(95)101-70-76-134-122(85-101)140(120-59-35-38-62-132(120)146-134)117-56-32-27-51-109(117)110-52-28-33-57-118(110)140/h14-16,19-38,41-46,49-76,79-90H,10-13,17-18,39-40,47-48,77-78H2,1-9H3/i29D,36D,53D,60D,68D,74D,83D. The monoisotopic (exact) mass is 1890 g/mol. The third kappa shape index (κ3) is 15.0. The van der Waals surface area contributed by atoms with Gasteiger partial charge in [0.05, 0.1) is 31.5 Å². The zero-order valence-corrected chi connectivity index (χ0v) is 84.5. The van der Waals surface area contributed by atoms with Crippen LogP contribution in [-0.4, -0.2) is 24.4 Å². The Labute approximate surface area is 870 Å². The maximum absolute atomic E-state index is 10.3. The van der Waals surface area contributed by atoms with E-state index in [0.29, 0.717) is 17.8 Å². The van der Waals surface area contributed by atoms with Gasteiger partial charge in [0.25, 0.3) is 6.71 Å². The van der Waals surface area contributed by atoms with E-state index in [2.05, 4.69) is 418 Å². The molecule has 5 heterocycles. The van der Waals surface area contributed by atoms with E-state index >= 15 is 0 Å². The summed E-state index contributed by atoms with van der Waals surface area (Å²) < 4.78 is 85.0. The first-order chi connectivity index (χ1) is 74.2. The third-order valence-electron chi connectivity index (χ3n) is 32.5. The summed E-state index contributed by atoms with van der Waals surface area (Å²) in [6.45, 7) is 22.0. The molecule has 0 bridgehead atoms. The van der Waals surface area contributed by atoms with Crippen LogP contribution in [-0.2, 0) is 39.9 Å². The predicted molar refractivity (Wildman–Crippen MR) is 613 cm³/mol. The molecule has 5 nitrogen and oxygen atoms in total. The molecule has 0 N–H and O–H groups in total. The quantitative estimate of drug-likeness (QED) is 0.0530. The highest BCUT2D eigenvalue weighted by molar-refractivity contribution is 7.00. The number of hydrogen-bond donors (Lipinski definition) is 0. The molecule has 0 saturated carbocycles. The minimum absolute atomic E-state index is 0.0690. The van der Waals surface area contributed by atoms with Crippen molar-refractivity contribution in [1.82, 2.24) is 4.57 Å². The van der Waals surface area contributed by atoms with Gasteiger partial charge in [0, 0.05) is 74.6 Å². The average molecular weight is 1890 g/mol. The number of benzene rings is 19. The van der Waals surface area contributed by atoms with Crippen molar-refractivity contribution in [3.63, 3.8) is 0 Å². The maximum Gasteiger partial charge on any atom is 0.252 e. The van der Waals surface area contributed by atoms with E-state index in [1.54, 1.807) is 4.57 Å². The Morgan fingerprint density at radius 1 is 0.267 bits per heavy atom. The van der Waals surface area contributed by atoms with E-state index in [1.807, 2.05) is 30.3 Å². The number of fused-ring (bicyclic) bond motifs is 25. The summed E-state index contributed by atoms with van der Waals surface area (Å²) in [5.41, 5.74) is 40.5. The second kappa shape index (κ2) is 35.6. The normalized spacial score (nSPS) is 14.6. The van der Waals surface area contributed by atoms with Gasteiger partial charge in [-0.25, -0.2) is 0 Å². The summed E-state index contributed by atoms with van der Waals surface area (Å²) in [6.07, 6.45) is 9.23. The SMILES string of the molecule is [2H]c1c([2H])c([2H])c2c(c1[2H])c1c([2H])c(-c3ccccc3)c([2H])c([2H])c1n2-c1ccc2c(c1)N(CCCCCCc1ccc(-c3ccccc3)cc1-c1ccc3c(c1)C1(c4ccccc4O3)c3ccccc3-c3ccccc31)c1cc(C(C)(C)C)cc3c1B2c1ccc(-c2cc(C(C)(C)C)cc(C(C)(C)C)c2)cc1N3CCCCCCc1ccc(-c2ccccc2)cc1-c1ccc2c(c1)C1(c3ccccc3O2)c2ccccc2-c2ccccc21. The molecular weight excluding hydrogens is 1770 g/mol. The lowest BCUT2D eigenvalue weighted by molar-refractivity contribution is 0.436. The van der Waals surface area contributed by atoms with Crippen molar-refractivity contribution in [2.75, 3.05) is 22.9 Å². The molecule has 2 spiro atoms. The molecule has 6 aliphatic rings. The van der Waals surface area contributed by atoms with Gasteiger partial charge in [-0.05, 0) is 307 Å². The number of aromatic nitrogens is 1. The zero-order chi connectivity index (χ0) is 105. The van der Waals surface area contributed by atoms with Crippen LogP contribution in [0.1, 0.15) is 196 Å². The van der Waals surface area contributed by atoms with Gasteiger partial charge in [-0.3, -0.25) is 0 Å². The van der Waals surface area contributed by atoms with Gasteiger partial charge in [0.2, 0.25) is 0 Å². The Morgan fingerprint density at radius 3 is 1.13 bits per heavy atom. The van der Waals surface area contributed by atoms with Gasteiger partial charge >= 0.3 is 0 Å². The van der Waals surface area contributed by atoms with Gasteiger partial charge in [0.15, 0.2) is 0 Å². The molecule has 1 aromatic heterocycles. The zero-order valence-electron chi connectivity index (χ0n) is 91.5. The average Bonchev–Trinajstić information content (AvgIpc) is 1.53. The van der Waals surface area contributed by atoms with Gasteiger partial charge in [0.1, 0.15) is 23.0 Å². The number of hydrogen-bond acceptors (Lipinski definition) is 4.